The van der Waals surface area contributed by atoms with Gasteiger partial charge in [-0.1, -0.05) is 0 Å². The van der Waals surface area contributed by atoms with Gasteiger partial charge in [-0.15, -0.1) is 0 Å². The van der Waals surface area contributed by atoms with Crippen LogP contribution < -0.4 is 5.73 Å². The fourth-order valence-corrected chi connectivity index (χ4v) is 1.24. The zero-order valence-corrected chi connectivity index (χ0v) is 6.23. The van der Waals surface area contributed by atoms with Crippen LogP contribution in [0.2, 0.25) is 0 Å². The van der Waals surface area contributed by atoms with Crippen LogP contribution in [0, 0.1) is 5.92 Å². The first-order chi connectivity index (χ1) is 4.91. The lowest BCUT2D eigenvalue weighted by Crippen LogP contribution is -2.57. The Bertz CT molecular complexity index is 139. The number of alkyl halides is 3. The Morgan fingerprint density at radius 3 is 2.18 bits per heavy atom. The summed E-state index contributed by atoms with van der Waals surface area (Å²) in [7, 11) is 1.78. The maximum Gasteiger partial charge on any atom is 0.404 e. The molecule has 1 rings (SSSR count). The molecule has 1 fully saturated rings. The van der Waals surface area contributed by atoms with E-state index in [0.29, 0.717) is 13.1 Å². The molecule has 1 aliphatic heterocycles. The molecule has 2 N–H and O–H groups in total. The highest BCUT2D eigenvalue weighted by atomic mass is 19.4. The van der Waals surface area contributed by atoms with Gasteiger partial charge >= 0.3 is 6.18 Å². The highest BCUT2D eigenvalue weighted by molar-refractivity contribution is 4.89. The van der Waals surface area contributed by atoms with Crippen molar-refractivity contribution in [3.63, 3.8) is 0 Å². The summed E-state index contributed by atoms with van der Waals surface area (Å²) in [6.07, 6.45) is -4.23. The van der Waals surface area contributed by atoms with Crippen LogP contribution in [0.1, 0.15) is 0 Å². The largest absolute Gasteiger partial charge is 0.404 e. The molecule has 0 radical (unpaired) electrons. The third-order valence-corrected chi connectivity index (χ3v) is 1.98. The van der Waals surface area contributed by atoms with Crippen molar-refractivity contribution in [3.8, 4) is 0 Å². The molecule has 1 saturated heterocycles. The minimum Gasteiger partial charge on any atom is -0.320 e. The van der Waals surface area contributed by atoms with Gasteiger partial charge in [0.25, 0.3) is 0 Å². The Morgan fingerprint density at radius 1 is 1.45 bits per heavy atom. The van der Waals surface area contributed by atoms with Crippen LogP contribution >= 0.6 is 0 Å². The quantitative estimate of drug-likeness (QED) is 0.615. The first-order valence-electron chi connectivity index (χ1n) is 3.42. The summed E-state index contributed by atoms with van der Waals surface area (Å²) >= 11 is 0. The molecule has 1 heterocycles. The third kappa shape index (κ3) is 1.84. The van der Waals surface area contributed by atoms with E-state index in [4.69, 9.17) is 5.73 Å². The van der Waals surface area contributed by atoms with Crippen LogP contribution in [0.25, 0.3) is 0 Å². The molecule has 0 saturated carbocycles. The molecular formula is C6H11F3N2. The monoisotopic (exact) mass is 168 g/mol. The molecule has 0 amide bonds. The average Bonchev–Trinajstić information content (AvgIpc) is 1.77. The van der Waals surface area contributed by atoms with Gasteiger partial charge in [-0.25, -0.2) is 0 Å². The SMILES string of the molecule is CN1CC(C(N)C(F)(F)F)C1. The van der Waals surface area contributed by atoms with E-state index in [9.17, 15) is 13.2 Å². The zero-order valence-electron chi connectivity index (χ0n) is 6.23. The molecule has 0 aromatic carbocycles. The van der Waals surface area contributed by atoms with E-state index < -0.39 is 18.1 Å². The summed E-state index contributed by atoms with van der Waals surface area (Å²) in [5.41, 5.74) is 4.97. The summed E-state index contributed by atoms with van der Waals surface area (Å²) in [5, 5.41) is 0. The van der Waals surface area contributed by atoms with Crippen molar-refractivity contribution in [1.29, 1.82) is 0 Å². The van der Waals surface area contributed by atoms with Crippen molar-refractivity contribution in [2.45, 2.75) is 12.2 Å². The summed E-state index contributed by atoms with van der Waals surface area (Å²) < 4.78 is 35.7. The number of rotatable bonds is 1. The lowest BCUT2D eigenvalue weighted by atomic mass is 9.92. The van der Waals surface area contributed by atoms with Gasteiger partial charge in [0.15, 0.2) is 0 Å². The van der Waals surface area contributed by atoms with Gasteiger partial charge in [-0.05, 0) is 7.05 Å². The molecule has 0 spiro atoms. The number of hydrogen-bond donors (Lipinski definition) is 1. The predicted molar refractivity (Wildman–Crippen MR) is 35.0 cm³/mol. The Balaban J connectivity index is 2.38. The van der Waals surface area contributed by atoms with Crippen LogP contribution in [0.5, 0.6) is 0 Å². The lowest BCUT2D eigenvalue weighted by molar-refractivity contribution is -0.169. The molecule has 0 bridgehead atoms. The number of nitrogens with two attached hydrogens (primary N) is 1. The number of hydrogen-bond acceptors (Lipinski definition) is 2. The van der Waals surface area contributed by atoms with Gasteiger partial charge in [0.05, 0.1) is 0 Å². The van der Waals surface area contributed by atoms with E-state index >= 15 is 0 Å². The Morgan fingerprint density at radius 2 is 1.91 bits per heavy atom. The highest BCUT2D eigenvalue weighted by Crippen LogP contribution is 2.28. The molecule has 1 unspecified atom stereocenters. The second-order valence-corrected chi connectivity index (χ2v) is 3.05. The van der Waals surface area contributed by atoms with Crippen molar-refractivity contribution in [2.24, 2.45) is 11.7 Å². The molecular weight excluding hydrogens is 157 g/mol. The van der Waals surface area contributed by atoms with Gasteiger partial charge in [-0.2, -0.15) is 13.2 Å². The summed E-state index contributed by atoms with van der Waals surface area (Å²) in [5.74, 6) is -0.403. The number of likely N-dealkylation sites (tertiary alicyclic amines) is 1. The lowest BCUT2D eigenvalue weighted by Gasteiger charge is -2.40. The summed E-state index contributed by atoms with van der Waals surface area (Å²) in [6.45, 7) is 0.918. The number of halogens is 3. The van der Waals surface area contributed by atoms with E-state index in [1.54, 1.807) is 7.05 Å². The van der Waals surface area contributed by atoms with Crippen LogP contribution in [0.3, 0.4) is 0 Å². The molecule has 0 aliphatic carbocycles. The third-order valence-electron chi connectivity index (χ3n) is 1.98. The smallest absolute Gasteiger partial charge is 0.320 e. The molecule has 2 nitrogen and oxygen atoms in total. The van der Waals surface area contributed by atoms with Crippen molar-refractivity contribution < 1.29 is 13.2 Å². The summed E-state index contributed by atoms with van der Waals surface area (Å²) in [6, 6.07) is -1.64. The minimum absolute atomic E-state index is 0.403. The van der Waals surface area contributed by atoms with Crippen LogP contribution in [-0.2, 0) is 0 Å². The molecule has 11 heavy (non-hydrogen) atoms. The maximum absolute atomic E-state index is 11.9. The van der Waals surface area contributed by atoms with Crippen LogP contribution in [0.4, 0.5) is 13.2 Å². The second kappa shape index (κ2) is 2.64. The van der Waals surface area contributed by atoms with Crippen LogP contribution in [0.15, 0.2) is 0 Å². The standard InChI is InChI=1S/C6H11F3N2/c1-11-2-4(3-11)5(10)6(7,8)9/h4-5H,2-3,10H2,1H3. The average molecular weight is 168 g/mol. The van der Waals surface area contributed by atoms with Gasteiger partial charge in [-0.3, -0.25) is 0 Å². The Kier molecular flexibility index (Phi) is 2.11. The van der Waals surface area contributed by atoms with E-state index in [2.05, 4.69) is 0 Å². The fraction of sp³-hybridized carbons (Fsp3) is 1.00. The van der Waals surface area contributed by atoms with Gasteiger partial charge in [0, 0.05) is 19.0 Å². The molecule has 5 heteroatoms. The second-order valence-electron chi connectivity index (χ2n) is 3.05. The van der Waals surface area contributed by atoms with E-state index in [0.717, 1.165) is 0 Å². The van der Waals surface area contributed by atoms with Gasteiger partial charge < -0.3 is 10.6 Å². The topological polar surface area (TPSA) is 29.3 Å². The molecule has 1 atom stereocenters. The first-order valence-corrected chi connectivity index (χ1v) is 3.42. The number of nitrogens with zero attached hydrogens (tertiary/aromatic N) is 1. The molecule has 66 valence electrons. The molecule has 0 aromatic heterocycles. The van der Waals surface area contributed by atoms with E-state index in [1.807, 2.05) is 4.90 Å². The Hall–Kier alpha value is -0.290. The highest BCUT2D eigenvalue weighted by Gasteiger charge is 2.45. The van der Waals surface area contributed by atoms with E-state index in [1.165, 1.54) is 0 Å². The van der Waals surface area contributed by atoms with Crippen molar-refractivity contribution in [1.82, 2.24) is 4.90 Å². The fourth-order valence-electron chi connectivity index (χ4n) is 1.24. The maximum atomic E-state index is 11.9. The predicted octanol–water partition coefficient (Wildman–Crippen LogP) is 0.438. The van der Waals surface area contributed by atoms with Crippen molar-refractivity contribution in [3.05, 3.63) is 0 Å². The van der Waals surface area contributed by atoms with Gasteiger partial charge in [0.1, 0.15) is 6.04 Å². The molecule has 1 aliphatic rings. The molecule has 0 aromatic rings. The van der Waals surface area contributed by atoms with Crippen LogP contribution in [-0.4, -0.2) is 37.3 Å². The van der Waals surface area contributed by atoms with E-state index in [-0.39, 0.29) is 0 Å². The minimum atomic E-state index is -4.23. The zero-order chi connectivity index (χ0) is 8.65. The van der Waals surface area contributed by atoms with Gasteiger partial charge in [0.2, 0.25) is 0 Å². The normalized spacial score (nSPS) is 24.8. The summed E-state index contributed by atoms with van der Waals surface area (Å²) in [4.78, 5) is 1.82. The van der Waals surface area contributed by atoms with Crippen molar-refractivity contribution in [2.75, 3.05) is 20.1 Å². The van der Waals surface area contributed by atoms with Crippen molar-refractivity contribution >= 4 is 0 Å². The Labute approximate surface area is 63.2 Å². The first kappa shape index (κ1) is 8.80.